The molecule has 7 heteroatoms. The number of carbonyl (C=O) groups is 1. The van der Waals surface area contributed by atoms with Crippen LogP contribution in [0.4, 0.5) is 5.69 Å². The smallest absolute Gasteiger partial charge is 0.335 e. The third kappa shape index (κ3) is 3.75. The lowest BCUT2D eigenvalue weighted by Crippen LogP contribution is -2.34. The topological polar surface area (TPSA) is 98.3 Å². The largest absolute Gasteiger partial charge is 0.478 e. The molecule has 4 aromatic rings. The molecule has 5 rings (SSSR count). The van der Waals surface area contributed by atoms with E-state index in [1.165, 1.54) is 23.3 Å². The van der Waals surface area contributed by atoms with Crippen LogP contribution in [-0.4, -0.2) is 25.6 Å². The highest BCUT2D eigenvalue weighted by molar-refractivity contribution is 5.94. The highest BCUT2D eigenvalue weighted by Crippen LogP contribution is 2.47. The van der Waals surface area contributed by atoms with Crippen molar-refractivity contribution < 1.29 is 14.8 Å². The van der Waals surface area contributed by atoms with Crippen LogP contribution < -0.4 is 0 Å². The van der Waals surface area contributed by atoms with E-state index < -0.39 is 10.9 Å². The average Bonchev–Trinajstić information content (AvgIpc) is 3.20. The first-order valence-corrected chi connectivity index (χ1v) is 12.1. The monoisotopic (exact) mass is 483 g/mol. The van der Waals surface area contributed by atoms with E-state index >= 15 is 0 Å². The molecule has 1 aliphatic carbocycles. The van der Waals surface area contributed by atoms with Gasteiger partial charge in [-0.25, -0.2) is 9.78 Å². The minimum Gasteiger partial charge on any atom is -0.478 e. The summed E-state index contributed by atoms with van der Waals surface area (Å²) in [4.78, 5) is 27.2. The minimum absolute atomic E-state index is 0.00326. The highest BCUT2D eigenvalue weighted by Gasteiger charge is 2.37. The number of nitro benzene ring substituents is 1. The lowest BCUT2D eigenvalue weighted by molar-refractivity contribution is -0.384. The lowest BCUT2D eigenvalue weighted by Gasteiger charge is -2.42. The van der Waals surface area contributed by atoms with Crippen molar-refractivity contribution in [1.82, 2.24) is 9.55 Å². The first-order valence-electron chi connectivity index (χ1n) is 12.1. The summed E-state index contributed by atoms with van der Waals surface area (Å²) in [6.45, 7) is 11.2. The number of imidazole rings is 1. The summed E-state index contributed by atoms with van der Waals surface area (Å²) < 4.78 is 2.05. The maximum absolute atomic E-state index is 11.6. The molecule has 0 atom stereocenters. The van der Waals surface area contributed by atoms with Crippen LogP contribution in [0.15, 0.2) is 54.6 Å². The van der Waals surface area contributed by atoms with Crippen LogP contribution in [0.25, 0.3) is 28.1 Å². The molecule has 7 nitrogen and oxygen atoms in total. The Kier molecular flexibility index (Phi) is 5.28. The van der Waals surface area contributed by atoms with Gasteiger partial charge in [0.1, 0.15) is 5.82 Å². The van der Waals surface area contributed by atoms with Crippen molar-refractivity contribution in [2.24, 2.45) is 0 Å². The molecule has 36 heavy (non-hydrogen) atoms. The average molecular weight is 484 g/mol. The predicted molar refractivity (Wildman–Crippen MR) is 140 cm³/mol. The summed E-state index contributed by atoms with van der Waals surface area (Å²) in [6.07, 6.45) is 2.20. The zero-order chi connectivity index (χ0) is 26.0. The number of aromatic carboxylic acids is 1. The number of aryl methyl sites for hydroxylation is 1. The second kappa shape index (κ2) is 8.01. The molecule has 0 aliphatic heterocycles. The molecule has 3 aromatic carbocycles. The molecule has 0 saturated heterocycles. The second-order valence-corrected chi connectivity index (χ2v) is 11.0. The van der Waals surface area contributed by atoms with E-state index in [-0.39, 0.29) is 22.1 Å². The van der Waals surface area contributed by atoms with Gasteiger partial charge in [-0.15, -0.1) is 0 Å². The van der Waals surface area contributed by atoms with Gasteiger partial charge in [0.15, 0.2) is 0 Å². The van der Waals surface area contributed by atoms with Crippen molar-refractivity contribution in [3.8, 4) is 17.1 Å². The van der Waals surface area contributed by atoms with E-state index in [9.17, 15) is 20.0 Å². The molecule has 1 N–H and O–H groups in total. The van der Waals surface area contributed by atoms with Gasteiger partial charge in [0, 0.05) is 17.7 Å². The van der Waals surface area contributed by atoms with Crippen molar-refractivity contribution in [3.63, 3.8) is 0 Å². The Labute approximate surface area is 209 Å². The minimum atomic E-state index is -1.02. The number of benzene rings is 3. The van der Waals surface area contributed by atoms with Crippen LogP contribution in [0.3, 0.4) is 0 Å². The molecule has 0 radical (unpaired) electrons. The number of aromatic nitrogens is 2. The number of hydrogen-bond acceptors (Lipinski definition) is 4. The molecule has 0 amide bonds. The number of carboxylic acid groups (broad SMARTS) is 1. The van der Waals surface area contributed by atoms with Gasteiger partial charge in [-0.05, 0) is 83.7 Å². The summed E-state index contributed by atoms with van der Waals surface area (Å²) in [5, 5.41) is 20.7. The molecule has 184 valence electrons. The van der Waals surface area contributed by atoms with Crippen molar-refractivity contribution in [3.05, 3.63) is 87.0 Å². The number of nitrogens with zero attached hydrogens (tertiary/aromatic N) is 3. The van der Waals surface area contributed by atoms with Gasteiger partial charge >= 0.3 is 5.97 Å². The molecule has 1 aliphatic rings. The third-order valence-electron chi connectivity index (χ3n) is 7.65. The Morgan fingerprint density at radius 2 is 1.58 bits per heavy atom. The molecule has 0 bridgehead atoms. The van der Waals surface area contributed by atoms with Gasteiger partial charge in [0.2, 0.25) is 0 Å². The van der Waals surface area contributed by atoms with E-state index in [2.05, 4.69) is 51.3 Å². The van der Waals surface area contributed by atoms with Gasteiger partial charge in [0.25, 0.3) is 5.69 Å². The fourth-order valence-corrected chi connectivity index (χ4v) is 5.33. The SMILES string of the molecule is Cc1cc2c(cc1-n1c(-c3ccc([N+](=O)[O-])cc3)nc3cc(C(=O)O)ccc31)C(C)(C)CCC2(C)C. The third-order valence-corrected chi connectivity index (χ3v) is 7.65. The summed E-state index contributed by atoms with van der Waals surface area (Å²) in [6, 6.07) is 15.8. The van der Waals surface area contributed by atoms with Crippen LogP contribution in [-0.2, 0) is 10.8 Å². The van der Waals surface area contributed by atoms with Crippen molar-refractivity contribution in [1.29, 1.82) is 0 Å². The van der Waals surface area contributed by atoms with Crippen LogP contribution in [0.1, 0.15) is 67.6 Å². The van der Waals surface area contributed by atoms with Crippen molar-refractivity contribution >= 4 is 22.7 Å². The zero-order valence-electron chi connectivity index (χ0n) is 21.1. The molecular weight excluding hydrogens is 454 g/mol. The molecule has 1 aromatic heterocycles. The van der Waals surface area contributed by atoms with E-state index in [4.69, 9.17) is 4.98 Å². The van der Waals surface area contributed by atoms with Gasteiger partial charge < -0.3 is 5.11 Å². The van der Waals surface area contributed by atoms with Gasteiger partial charge in [-0.2, -0.15) is 0 Å². The molecule has 1 heterocycles. The van der Waals surface area contributed by atoms with Crippen molar-refractivity contribution in [2.45, 2.75) is 58.3 Å². The number of fused-ring (bicyclic) bond motifs is 2. The van der Waals surface area contributed by atoms with Crippen LogP contribution in [0, 0.1) is 17.0 Å². The van der Waals surface area contributed by atoms with Gasteiger partial charge in [-0.1, -0.05) is 33.8 Å². The Hall–Kier alpha value is -4.00. The van der Waals surface area contributed by atoms with E-state index in [1.807, 2.05) is 0 Å². The summed E-state index contributed by atoms with van der Waals surface area (Å²) in [5.41, 5.74) is 7.01. The number of carboxylic acids is 1. The fraction of sp³-hybridized carbons (Fsp3) is 0.310. The number of rotatable bonds is 4. The fourth-order valence-electron chi connectivity index (χ4n) is 5.33. The second-order valence-electron chi connectivity index (χ2n) is 11.0. The van der Waals surface area contributed by atoms with Crippen LogP contribution in [0.5, 0.6) is 0 Å². The highest BCUT2D eigenvalue weighted by atomic mass is 16.6. The number of nitro groups is 1. The standard InChI is InChI=1S/C29H29N3O4/c1-17-14-21-22(29(4,5)13-12-28(21,2)3)16-25(17)31-24-11-8-19(27(33)34)15-23(24)30-26(31)18-6-9-20(10-7-18)32(35)36/h6-11,14-16H,12-13H2,1-5H3,(H,33,34). The first kappa shape index (κ1) is 23.7. The number of non-ortho nitro benzene ring substituents is 1. The zero-order valence-corrected chi connectivity index (χ0v) is 21.1. The van der Waals surface area contributed by atoms with Crippen molar-refractivity contribution in [2.75, 3.05) is 0 Å². The Bertz CT molecular complexity index is 1550. The Balaban J connectivity index is 1.82. The van der Waals surface area contributed by atoms with E-state index in [0.29, 0.717) is 16.9 Å². The summed E-state index contributed by atoms with van der Waals surface area (Å²) in [5.74, 6) is -0.407. The lowest BCUT2D eigenvalue weighted by atomic mass is 9.63. The normalized spacial score (nSPS) is 16.0. The first-order chi connectivity index (χ1) is 16.9. The predicted octanol–water partition coefficient (Wildman–Crippen LogP) is 6.96. The Morgan fingerprint density at radius 3 is 2.17 bits per heavy atom. The quantitative estimate of drug-likeness (QED) is 0.250. The van der Waals surface area contributed by atoms with Gasteiger partial charge in [-0.3, -0.25) is 14.7 Å². The molecule has 0 unspecified atom stereocenters. The summed E-state index contributed by atoms with van der Waals surface area (Å²) in [7, 11) is 0. The Morgan fingerprint density at radius 1 is 0.972 bits per heavy atom. The molecular formula is C29H29N3O4. The van der Waals surface area contributed by atoms with Gasteiger partial charge in [0.05, 0.1) is 27.2 Å². The maximum atomic E-state index is 11.6. The van der Waals surface area contributed by atoms with Crippen LogP contribution in [0.2, 0.25) is 0 Å². The van der Waals surface area contributed by atoms with Crippen LogP contribution >= 0.6 is 0 Å². The summed E-state index contributed by atoms with van der Waals surface area (Å²) >= 11 is 0. The molecule has 0 saturated carbocycles. The molecule has 0 spiro atoms. The number of hydrogen-bond donors (Lipinski definition) is 1. The van der Waals surface area contributed by atoms with E-state index in [0.717, 1.165) is 29.6 Å². The maximum Gasteiger partial charge on any atom is 0.335 e. The van der Waals surface area contributed by atoms with E-state index in [1.54, 1.807) is 30.3 Å². The molecule has 0 fully saturated rings.